The van der Waals surface area contributed by atoms with Gasteiger partial charge in [-0.3, -0.25) is 0 Å². The fraction of sp³-hybridized carbons (Fsp3) is 0.350. The van der Waals surface area contributed by atoms with E-state index in [0.717, 1.165) is 10.6 Å². The number of hydrogen-bond donors (Lipinski definition) is 0. The van der Waals surface area contributed by atoms with Gasteiger partial charge in [-0.05, 0) is 30.9 Å². The fourth-order valence-electron chi connectivity index (χ4n) is 3.17. The van der Waals surface area contributed by atoms with Crippen molar-refractivity contribution in [3.63, 3.8) is 0 Å². The van der Waals surface area contributed by atoms with Crippen LogP contribution in [-0.2, 0) is 25.7 Å². The number of aryl methyl sites for hydroxylation is 1. The zero-order valence-corrected chi connectivity index (χ0v) is 15.4. The largest absolute Gasteiger partial charge is 0.449 e. The Hall–Kier alpha value is -2.89. The Bertz CT molecular complexity index is 898. The van der Waals surface area contributed by atoms with E-state index in [-0.39, 0.29) is 25.1 Å². The number of halogens is 6. The number of allylic oxidation sites excluding steroid dienone is 1. The number of terminal acetylenes is 1. The summed E-state index contributed by atoms with van der Waals surface area (Å²) in [5, 5.41) is 0. The second-order valence-electron chi connectivity index (χ2n) is 6.42. The van der Waals surface area contributed by atoms with E-state index >= 15 is 0 Å². The Kier molecular flexibility index (Phi) is 7.01. The molecule has 0 radical (unpaired) electrons. The Morgan fingerprint density at radius 2 is 1.72 bits per heavy atom. The van der Waals surface area contributed by atoms with Crippen LogP contribution in [0.4, 0.5) is 26.3 Å². The molecule has 0 bridgehead atoms. The van der Waals surface area contributed by atoms with Gasteiger partial charge in [-0.1, -0.05) is 6.58 Å². The molecule has 9 heteroatoms. The van der Waals surface area contributed by atoms with Gasteiger partial charge in [0.25, 0.3) is 0 Å². The van der Waals surface area contributed by atoms with Crippen LogP contribution in [0.25, 0.3) is 0 Å². The molecule has 0 aliphatic carbocycles. The summed E-state index contributed by atoms with van der Waals surface area (Å²) in [6, 6.07) is 1.36. The molecule has 0 N–H and O–H groups in total. The maximum atomic E-state index is 13.6. The minimum atomic E-state index is -4.49. The number of benzene rings is 1. The summed E-state index contributed by atoms with van der Waals surface area (Å²) in [5.41, 5.74) is 1.22. The highest BCUT2D eigenvalue weighted by atomic mass is 19.4. The van der Waals surface area contributed by atoms with Gasteiger partial charge >= 0.3 is 6.18 Å². The Labute approximate surface area is 164 Å². The van der Waals surface area contributed by atoms with Crippen LogP contribution >= 0.6 is 0 Å². The molecule has 0 saturated heterocycles. The third-order valence-corrected chi connectivity index (χ3v) is 4.59. The molecule has 29 heavy (non-hydrogen) atoms. The van der Waals surface area contributed by atoms with E-state index in [9.17, 15) is 26.3 Å². The third-order valence-electron chi connectivity index (χ3n) is 4.59. The third kappa shape index (κ3) is 5.13. The Morgan fingerprint density at radius 1 is 1.07 bits per heavy atom. The van der Waals surface area contributed by atoms with E-state index in [1.54, 1.807) is 0 Å². The highest BCUT2D eigenvalue weighted by Crippen LogP contribution is 2.31. The van der Waals surface area contributed by atoms with Gasteiger partial charge in [0.2, 0.25) is 5.82 Å². The molecular weight excluding hydrogens is 396 g/mol. The lowest BCUT2D eigenvalue weighted by Gasteiger charge is -2.32. The molecule has 0 saturated carbocycles. The summed E-state index contributed by atoms with van der Waals surface area (Å²) in [6.07, 6.45) is 5.82. The maximum Gasteiger partial charge on any atom is 0.449 e. The van der Waals surface area contributed by atoms with Crippen molar-refractivity contribution in [3.8, 4) is 12.8 Å². The van der Waals surface area contributed by atoms with Gasteiger partial charge in [-0.25, -0.2) is 18.2 Å². The number of fused-ring (bicyclic) bond motifs is 1. The van der Waals surface area contributed by atoms with Crippen LogP contribution in [0, 0.1) is 30.3 Å². The van der Waals surface area contributed by atoms with Crippen molar-refractivity contribution in [2.45, 2.75) is 38.5 Å². The predicted octanol–water partition coefficient (Wildman–Crippen LogP) is 4.92. The summed E-state index contributed by atoms with van der Waals surface area (Å²) < 4.78 is 79.6. The first-order chi connectivity index (χ1) is 13.7. The molecule has 0 atom stereocenters. The molecule has 2 aromatic rings. The molecule has 2 heterocycles. The lowest BCUT2D eigenvalue weighted by molar-refractivity contribution is -0.147. The Morgan fingerprint density at radius 3 is 2.38 bits per heavy atom. The molecule has 1 aliphatic rings. The number of imidazole rings is 1. The summed E-state index contributed by atoms with van der Waals surface area (Å²) in [7, 11) is 0. The zero-order valence-electron chi connectivity index (χ0n) is 15.4. The van der Waals surface area contributed by atoms with Crippen LogP contribution in [0.2, 0.25) is 0 Å². The molecule has 156 valence electrons. The number of hydrogen-bond acceptors (Lipinski definition) is 2. The first-order valence-electron chi connectivity index (χ1n) is 8.68. The molecule has 3 rings (SSSR count). The topological polar surface area (TPSA) is 21.1 Å². The fourth-order valence-corrected chi connectivity index (χ4v) is 3.17. The van der Waals surface area contributed by atoms with Gasteiger partial charge in [0.1, 0.15) is 5.82 Å². The molecule has 3 nitrogen and oxygen atoms in total. The molecule has 0 spiro atoms. The van der Waals surface area contributed by atoms with Crippen LogP contribution in [0.3, 0.4) is 0 Å². The second-order valence-corrected chi connectivity index (χ2v) is 6.42. The standard InChI is InChI=1S/C18H17F6N3.C2H2/c1-11(3-2-4-12-7-15(20)16(21)8-14(12)19)26-5-6-27-13(10-26)9-25-17(27)18(22,23)24;1-2/h7-9H,1-6,10H2;1-2H. The average Bonchev–Trinajstić information content (AvgIpc) is 3.11. The molecule has 0 amide bonds. The van der Waals surface area contributed by atoms with Crippen molar-refractivity contribution >= 4 is 0 Å². The highest BCUT2D eigenvalue weighted by molar-refractivity contribution is 5.20. The van der Waals surface area contributed by atoms with E-state index in [1.807, 2.05) is 4.90 Å². The zero-order chi connectivity index (χ0) is 21.8. The lowest BCUT2D eigenvalue weighted by atomic mass is 10.1. The first kappa shape index (κ1) is 22.4. The molecule has 1 aromatic heterocycles. The van der Waals surface area contributed by atoms with Gasteiger partial charge in [0, 0.05) is 24.9 Å². The smallest absolute Gasteiger partial charge is 0.368 e. The van der Waals surface area contributed by atoms with Gasteiger partial charge in [0.15, 0.2) is 11.6 Å². The quantitative estimate of drug-likeness (QED) is 0.393. The lowest BCUT2D eigenvalue weighted by Crippen LogP contribution is -2.34. The van der Waals surface area contributed by atoms with Crippen LogP contribution in [0.5, 0.6) is 0 Å². The Balaban J connectivity index is 0.00000145. The van der Waals surface area contributed by atoms with E-state index in [1.165, 1.54) is 6.20 Å². The molecule has 1 aliphatic heterocycles. The van der Waals surface area contributed by atoms with E-state index < -0.39 is 29.5 Å². The van der Waals surface area contributed by atoms with Crippen molar-refractivity contribution in [3.05, 3.63) is 65.1 Å². The van der Waals surface area contributed by atoms with Crippen molar-refractivity contribution in [1.29, 1.82) is 0 Å². The van der Waals surface area contributed by atoms with E-state index in [0.29, 0.717) is 36.8 Å². The summed E-state index contributed by atoms with van der Waals surface area (Å²) in [4.78, 5) is 5.31. The minimum Gasteiger partial charge on any atom is -0.368 e. The van der Waals surface area contributed by atoms with Crippen molar-refractivity contribution in [2.75, 3.05) is 6.54 Å². The number of alkyl halides is 3. The van der Waals surface area contributed by atoms with Gasteiger partial charge in [0.05, 0.1) is 18.4 Å². The maximum absolute atomic E-state index is 13.6. The van der Waals surface area contributed by atoms with Crippen molar-refractivity contribution in [2.24, 2.45) is 0 Å². The SMILES string of the molecule is C#C.C=C(CCCc1cc(F)c(F)cc1F)N1CCn2c(cnc2C(F)(F)F)C1. The van der Waals surface area contributed by atoms with E-state index in [4.69, 9.17) is 0 Å². The summed E-state index contributed by atoms with van der Waals surface area (Å²) in [5.74, 6) is -4.04. The van der Waals surface area contributed by atoms with Gasteiger partial charge in [-0.2, -0.15) is 13.2 Å². The normalized spacial score (nSPS) is 13.4. The molecule has 0 unspecified atom stereocenters. The molecule has 1 aromatic carbocycles. The summed E-state index contributed by atoms with van der Waals surface area (Å²) >= 11 is 0. The minimum absolute atomic E-state index is 0.0771. The first-order valence-corrected chi connectivity index (χ1v) is 8.68. The van der Waals surface area contributed by atoms with Crippen LogP contribution in [-0.4, -0.2) is 21.0 Å². The van der Waals surface area contributed by atoms with Crippen molar-refractivity contribution < 1.29 is 26.3 Å². The number of rotatable bonds is 5. The van der Waals surface area contributed by atoms with Crippen LogP contribution < -0.4 is 0 Å². The monoisotopic (exact) mass is 415 g/mol. The molecule has 0 fully saturated rings. The molecular formula is C20H19F6N3. The summed E-state index contributed by atoms with van der Waals surface area (Å²) in [6.45, 7) is 4.68. The van der Waals surface area contributed by atoms with Gasteiger partial charge < -0.3 is 9.47 Å². The second kappa shape index (κ2) is 9.07. The number of nitrogens with zero attached hydrogens (tertiary/aromatic N) is 3. The predicted molar refractivity (Wildman–Crippen MR) is 95.9 cm³/mol. The van der Waals surface area contributed by atoms with Gasteiger partial charge in [-0.15, -0.1) is 12.8 Å². The average molecular weight is 415 g/mol. The van der Waals surface area contributed by atoms with E-state index in [2.05, 4.69) is 24.4 Å². The van der Waals surface area contributed by atoms with Crippen LogP contribution in [0.1, 0.15) is 29.9 Å². The highest BCUT2D eigenvalue weighted by Gasteiger charge is 2.38. The van der Waals surface area contributed by atoms with Crippen molar-refractivity contribution in [1.82, 2.24) is 14.5 Å². The van der Waals surface area contributed by atoms with Crippen LogP contribution in [0.15, 0.2) is 30.6 Å². The number of aromatic nitrogens is 2.